The summed E-state index contributed by atoms with van der Waals surface area (Å²) in [5.74, 6) is -1.40. The fourth-order valence-corrected chi connectivity index (χ4v) is 4.16. The molecular formula is C25H24N6O7. The Morgan fingerprint density at radius 2 is 1.97 bits per heavy atom. The minimum atomic E-state index is -1.87. The number of fused-ring (bicyclic) bond motifs is 1. The Morgan fingerprint density at radius 3 is 2.71 bits per heavy atom. The minimum absolute atomic E-state index is 0.0660. The number of nitrogens with two attached hydrogens (primary N) is 1. The smallest absolute Gasteiger partial charge is 0.337 e. The van der Waals surface area contributed by atoms with Gasteiger partial charge in [0.05, 0.1) is 36.9 Å². The van der Waals surface area contributed by atoms with E-state index in [2.05, 4.69) is 15.6 Å². The number of rotatable bonds is 6. The van der Waals surface area contributed by atoms with Gasteiger partial charge >= 0.3 is 5.97 Å². The zero-order chi connectivity index (χ0) is 27.0. The van der Waals surface area contributed by atoms with E-state index in [0.717, 1.165) is 0 Å². The lowest BCUT2D eigenvalue weighted by molar-refractivity contribution is -0.170. The van der Waals surface area contributed by atoms with E-state index in [4.69, 9.17) is 19.7 Å². The number of ether oxygens (including phenoxy) is 2. The van der Waals surface area contributed by atoms with Crippen molar-refractivity contribution in [3.8, 4) is 5.69 Å². The van der Waals surface area contributed by atoms with Crippen LogP contribution in [0.4, 0.5) is 17.3 Å². The monoisotopic (exact) mass is 520 g/mol. The first-order chi connectivity index (χ1) is 18.2. The predicted molar refractivity (Wildman–Crippen MR) is 135 cm³/mol. The van der Waals surface area contributed by atoms with E-state index >= 15 is 0 Å². The number of methoxy groups -OCH3 is 1. The van der Waals surface area contributed by atoms with Gasteiger partial charge in [-0.25, -0.2) is 9.48 Å². The Bertz CT molecular complexity index is 1530. The Balaban J connectivity index is 1.32. The summed E-state index contributed by atoms with van der Waals surface area (Å²) in [5, 5.41) is 22.1. The van der Waals surface area contributed by atoms with E-state index in [1.165, 1.54) is 29.7 Å². The fraction of sp³-hybridized carbons (Fsp3) is 0.240. The standard InChI is InChI=1S/C25H24N6O7/c1-25(20(32)22(33)27-15-5-8-17-18(13-15)38-29-21(17)26)24(35)30(11-12-37-25)19-9-10-31(28-19)16-6-3-14(4-7-16)23(34)36-2/h3-10,13,20,32H,11-12H2,1-2H3,(H2,26,29)(H,27,33)/t20-,25?/m0/s1. The molecular weight excluding hydrogens is 496 g/mol. The number of anilines is 3. The molecule has 0 aliphatic carbocycles. The number of carbonyl (C=O) groups excluding carboxylic acids is 3. The third kappa shape index (κ3) is 4.33. The largest absolute Gasteiger partial charge is 0.465 e. The summed E-state index contributed by atoms with van der Waals surface area (Å²) < 4.78 is 17.0. The summed E-state index contributed by atoms with van der Waals surface area (Å²) in [7, 11) is 1.30. The predicted octanol–water partition coefficient (Wildman–Crippen LogP) is 1.50. The molecule has 1 aliphatic heterocycles. The number of nitrogens with one attached hydrogen (secondary N) is 1. The molecule has 2 atom stereocenters. The molecule has 0 saturated carbocycles. The summed E-state index contributed by atoms with van der Waals surface area (Å²) in [4.78, 5) is 39.4. The van der Waals surface area contributed by atoms with Gasteiger partial charge in [-0.05, 0) is 43.3 Å². The molecule has 2 amide bonds. The summed E-state index contributed by atoms with van der Waals surface area (Å²) in [6.07, 6.45) is -0.181. The number of carbonyl (C=O) groups is 3. The van der Waals surface area contributed by atoms with Crippen molar-refractivity contribution < 1.29 is 33.5 Å². The molecule has 13 nitrogen and oxygen atoms in total. The molecule has 1 fully saturated rings. The first kappa shape index (κ1) is 24.9. The SMILES string of the molecule is COC(=O)c1ccc(-n2ccc(N3CCOC(C)([C@@H](O)C(=O)Nc4ccc5c(N)noc5c4)C3=O)n2)cc1. The molecule has 1 unspecified atom stereocenters. The number of aliphatic hydroxyl groups is 1. The Labute approximate surface area is 215 Å². The molecule has 1 saturated heterocycles. The van der Waals surface area contributed by atoms with Gasteiger partial charge in [0.2, 0.25) is 0 Å². The number of amides is 2. The molecule has 0 spiro atoms. The van der Waals surface area contributed by atoms with Crippen LogP contribution in [0.25, 0.3) is 16.7 Å². The molecule has 1 aliphatic rings. The number of aromatic nitrogens is 3. The van der Waals surface area contributed by atoms with Gasteiger partial charge < -0.3 is 30.2 Å². The van der Waals surface area contributed by atoms with Crippen molar-refractivity contribution in [2.75, 3.05) is 36.2 Å². The second-order valence-electron chi connectivity index (χ2n) is 8.74. The van der Waals surface area contributed by atoms with Crippen molar-refractivity contribution in [2.24, 2.45) is 0 Å². The first-order valence-corrected chi connectivity index (χ1v) is 11.6. The summed E-state index contributed by atoms with van der Waals surface area (Å²) in [6.45, 7) is 1.59. The van der Waals surface area contributed by atoms with Crippen molar-refractivity contribution in [3.63, 3.8) is 0 Å². The van der Waals surface area contributed by atoms with E-state index in [9.17, 15) is 19.5 Å². The van der Waals surface area contributed by atoms with Gasteiger partial charge in [-0.1, -0.05) is 5.16 Å². The minimum Gasteiger partial charge on any atom is -0.465 e. The lowest BCUT2D eigenvalue weighted by Crippen LogP contribution is -2.63. The molecule has 38 heavy (non-hydrogen) atoms. The molecule has 4 aromatic rings. The van der Waals surface area contributed by atoms with Crippen molar-refractivity contribution in [1.82, 2.24) is 14.9 Å². The zero-order valence-corrected chi connectivity index (χ0v) is 20.5. The van der Waals surface area contributed by atoms with Crippen molar-refractivity contribution in [3.05, 3.63) is 60.3 Å². The molecule has 0 radical (unpaired) electrons. The van der Waals surface area contributed by atoms with Crippen LogP contribution in [0.2, 0.25) is 0 Å². The van der Waals surface area contributed by atoms with E-state index in [1.54, 1.807) is 48.7 Å². The number of morpholine rings is 1. The highest BCUT2D eigenvalue weighted by atomic mass is 16.5. The van der Waals surface area contributed by atoms with Gasteiger partial charge in [-0.2, -0.15) is 0 Å². The quantitative estimate of drug-likeness (QED) is 0.316. The number of hydrogen-bond donors (Lipinski definition) is 3. The highest BCUT2D eigenvalue weighted by Gasteiger charge is 2.51. The van der Waals surface area contributed by atoms with Crippen LogP contribution in [-0.2, 0) is 19.1 Å². The van der Waals surface area contributed by atoms with E-state index in [-0.39, 0.29) is 19.0 Å². The summed E-state index contributed by atoms with van der Waals surface area (Å²) in [6, 6.07) is 12.9. The van der Waals surface area contributed by atoms with Gasteiger partial charge in [-0.3, -0.25) is 14.5 Å². The molecule has 2 aromatic carbocycles. The topological polar surface area (TPSA) is 175 Å². The zero-order valence-electron chi connectivity index (χ0n) is 20.5. The highest BCUT2D eigenvalue weighted by molar-refractivity contribution is 6.06. The van der Waals surface area contributed by atoms with Crippen molar-refractivity contribution >= 4 is 46.1 Å². The second-order valence-corrected chi connectivity index (χ2v) is 8.74. The Kier molecular flexibility index (Phi) is 6.30. The number of esters is 1. The molecule has 196 valence electrons. The van der Waals surface area contributed by atoms with Crippen molar-refractivity contribution in [1.29, 1.82) is 0 Å². The summed E-state index contributed by atoms with van der Waals surface area (Å²) in [5.41, 5.74) is 5.55. The van der Waals surface area contributed by atoms with Crippen LogP contribution < -0.4 is 16.0 Å². The molecule has 13 heteroatoms. The first-order valence-electron chi connectivity index (χ1n) is 11.6. The molecule has 2 aromatic heterocycles. The maximum Gasteiger partial charge on any atom is 0.337 e. The Morgan fingerprint density at radius 1 is 1.21 bits per heavy atom. The lowest BCUT2D eigenvalue weighted by atomic mass is 9.94. The van der Waals surface area contributed by atoms with Crippen LogP contribution in [0.1, 0.15) is 17.3 Å². The highest BCUT2D eigenvalue weighted by Crippen LogP contribution is 2.29. The van der Waals surface area contributed by atoms with Crippen LogP contribution in [0.3, 0.4) is 0 Å². The van der Waals surface area contributed by atoms with Gasteiger partial charge in [0.1, 0.15) is 0 Å². The lowest BCUT2D eigenvalue weighted by Gasteiger charge is -2.40. The fourth-order valence-electron chi connectivity index (χ4n) is 4.16. The van der Waals surface area contributed by atoms with Crippen LogP contribution in [0, 0.1) is 0 Å². The molecule has 4 N–H and O–H groups in total. The number of benzene rings is 2. The van der Waals surface area contributed by atoms with E-state index in [1.807, 2.05) is 0 Å². The van der Waals surface area contributed by atoms with Gasteiger partial charge in [-0.15, -0.1) is 5.10 Å². The molecule has 3 heterocycles. The van der Waals surface area contributed by atoms with Crippen LogP contribution in [0.5, 0.6) is 0 Å². The second kappa shape index (κ2) is 9.61. The average Bonchev–Trinajstić information content (AvgIpc) is 3.56. The van der Waals surface area contributed by atoms with Crippen LogP contribution >= 0.6 is 0 Å². The number of hydrogen-bond acceptors (Lipinski definition) is 10. The summed E-state index contributed by atoms with van der Waals surface area (Å²) >= 11 is 0. The van der Waals surface area contributed by atoms with Crippen LogP contribution in [0.15, 0.2) is 59.3 Å². The molecule has 0 bridgehead atoms. The van der Waals surface area contributed by atoms with Gasteiger partial charge in [0, 0.05) is 24.0 Å². The Hall–Kier alpha value is -4.75. The molecule has 5 rings (SSSR count). The average molecular weight is 521 g/mol. The third-order valence-electron chi connectivity index (χ3n) is 6.33. The van der Waals surface area contributed by atoms with Gasteiger partial charge in [0.15, 0.2) is 28.9 Å². The van der Waals surface area contributed by atoms with E-state index in [0.29, 0.717) is 33.7 Å². The van der Waals surface area contributed by atoms with Crippen LogP contribution in [-0.4, -0.2) is 69.8 Å². The normalized spacial score (nSPS) is 18.4. The van der Waals surface area contributed by atoms with Crippen molar-refractivity contribution in [2.45, 2.75) is 18.6 Å². The van der Waals surface area contributed by atoms with Gasteiger partial charge in [0.25, 0.3) is 11.8 Å². The number of aliphatic hydroxyl groups excluding tert-OH is 1. The maximum absolute atomic E-state index is 13.4. The maximum atomic E-state index is 13.4. The van der Waals surface area contributed by atoms with E-state index < -0.39 is 29.5 Å². The number of nitrogens with zero attached hydrogens (tertiary/aromatic N) is 4. The number of nitrogen functional groups attached to an aromatic ring is 1. The third-order valence-corrected chi connectivity index (χ3v) is 6.33.